The van der Waals surface area contributed by atoms with E-state index in [2.05, 4.69) is 23.3 Å². The smallest absolute Gasteiger partial charge is 0.412 e. The van der Waals surface area contributed by atoms with Crippen LogP contribution in [0.15, 0.2) is 14.8 Å². The highest BCUT2D eigenvalue weighted by Gasteiger charge is 2.18. The second kappa shape index (κ2) is 4.70. The Bertz CT molecular complexity index is 442. The standard InChI is InChI=1S/C12H18N2O2/c1-8(5-6-13-2)9-3-4-11-10(7-9)14-12(15)16-11/h7-8,13H,3-6H2,1-2H3,(H,14,15). The van der Waals surface area contributed by atoms with Crippen molar-refractivity contribution in [2.45, 2.75) is 26.2 Å². The van der Waals surface area contributed by atoms with Crippen LogP contribution in [-0.4, -0.2) is 18.6 Å². The number of rotatable bonds is 4. The fourth-order valence-corrected chi connectivity index (χ4v) is 2.12. The predicted molar refractivity (Wildman–Crippen MR) is 63.3 cm³/mol. The maximum Gasteiger partial charge on any atom is 0.416 e. The van der Waals surface area contributed by atoms with Crippen molar-refractivity contribution in [3.63, 3.8) is 0 Å². The summed E-state index contributed by atoms with van der Waals surface area (Å²) in [7, 11) is 1.97. The molecule has 1 atom stereocenters. The number of fused-ring (bicyclic) bond motifs is 1. The first kappa shape index (κ1) is 11.2. The van der Waals surface area contributed by atoms with Crippen LogP contribution >= 0.6 is 0 Å². The molecule has 0 aromatic carbocycles. The van der Waals surface area contributed by atoms with Crippen LogP contribution in [0.3, 0.4) is 0 Å². The third kappa shape index (κ3) is 2.27. The van der Waals surface area contributed by atoms with Gasteiger partial charge in [0.2, 0.25) is 0 Å². The number of nitrogens with one attached hydrogen (secondary N) is 2. The molecule has 0 amide bonds. The van der Waals surface area contributed by atoms with Crippen LogP contribution in [0, 0.1) is 5.92 Å². The van der Waals surface area contributed by atoms with Gasteiger partial charge in [0.25, 0.3) is 0 Å². The highest BCUT2D eigenvalue weighted by molar-refractivity contribution is 5.53. The van der Waals surface area contributed by atoms with Crippen molar-refractivity contribution in [3.05, 3.63) is 27.6 Å². The molecule has 0 aliphatic heterocycles. The summed E-state index contributed by atoms with van der Waals surface area (Å²) in [6, 6.07) is 0. The van der Waals surface area contributed by atoms with Crippen LogP contribution < -0.4 is 11.1 Å². The number of aromatic amines is 1. The lowest BCUT2D eigenvalue weighted by molar-refractivity contribution is 0.460. The summed E-state index contributed by atoms with van der Waals surface area (Å²) in [6.07, 6.45) is 5.03. The minimum atomic E-state index is -0.342. The predicted octanol–water partition coefficient (Wildman–Crippen LogP) is 1.54. The lowest BCUT2D eigenvalue weighted by atomic mass is 9.89. The molecule has 0 saturated heterocycles. The Balaban J connectivity index is 2.13. The SMILES string of the molecule is CNCCC(C)C1=Cc2[nH]c(=O)oc2CC1. The van der Waals surface area contributed by atoms with E-state index in [4.69, 9.17) is 4.42 Å². The van der Waals surface area contributed by atoms with Gasteiger partial charge in [0.15, 0.2) is 0 Å². The molecule has 4 heteroatoms. The lowest BCUT2D eigenvalue weighted by Crippen LogP contribution is -2.14. The average Bonchev–Trinajstić information content (AvgIpc) is 2.64. The molecule has 1 aromatic rings. The Kier molecular flexibility index (Phi) is 3.29. The van der Waals surface area contributed by atoms with Gasteiger partial charge in [-0.25, -0.2) is 4.79 Å². The van der Waals surface area contributed by atoms with E-state index < -0.39 is 0 Å². The Labute approximate surface area is 94.7 Å². The monoisotopic (exact) mass is 222 g/mol. The van der Waals surface area contributed by atoms with Gasteiger partial charge in [0.1, 0.15) is 5.76 Å². The van der Waals surface area contributed by atoms with Crippen molar-refractivity contribution in [2.75, 3.05) is 13.6 Å². The Morgan fingerprint density at radius 1 is 1.56 bits per heavy atom. The lowest BCUT2D eigenvalue weighted by Gasteiger charge is -2.18. The van der Waals surface area contributed by atoms with E-state index in [9.17, 15) is 4.79 Å². The van der Waals surface area contributed by atoms with E-state index in [0.29, 0.717) is 5.92 Å². The summed E-state index contributed by atoms with van der Waals surface area (Å²) in [6.45, 7) is 3.25. The number of hydrogen-bond acceptors (Lipinski definition) is 3. The molecule has 1 aromatic heterocycles. The van der Waals surface area contributed by atoms with Gasteiger partial charge < -0.3 is 9.73 Å². The summed E-state index contributed by atoms with van der Waals surface area (Å²) in [5.41, 5.74) is 2.27. The summed E-state index contributed by atoms with van der Waals surface area (Å²) in [5, 5.41) is 3.16. The van der Waals surface area contributed by atoms with Crippen LogP contribution in [0.1, 0.15) is 31.2 Å². The molecular formula is C12H18N2O2. The minimum Gasteiger partial charge on any atom is -0.412 e. The van der Waals surface area contributed by atoms with Crippen LogP contribution in [0.2, 0.25) is 0 Å². The summed E-state index contributed by atoms with van der Waals surface area (Å²) >= 11 is 0. The van der Waals surface area contributed by atoms with Gasteiger partial charge in [0, 0.05) is 6.42 Å². The number of oxazole rings is 1. The van der Waals surface area contributed by atoms with Gasteiger partial charge in [-0.15, -0.1) is 0 Å². The topological polar surface area (TPSA) is 58.0 Å². The summed E-state index contributed by atoms with van der Waals surface area (Å²) < 4.78 is 5.05. The number of aryl methyl sites for hydroxylation is 1. The molecule has 16 heavy (non-hydrogen) atoms. The Morgan fingerprint density at radius 3 is 3.12 bits per heavy atom. The molecule has 88 valence electrons. The zero-order valence-corrected chi connectivity index (χ0v) is 9.80. The van der Waals surface area contributed by atoms with Crippen LogP contribution in [-0.2, 0) is 6.42 Å². The molecule has 0 radical (unpaired) electrons. The Hall–Kier alpha value is -1.29. The molecular weight excluding hydrogens is 204 g/mol. The van der Waals surface area contributed by atoms with Crippen molar-refractivity contribution < 1.29 is 4.42 Å². The second-order valence-corrected chi connectivity index (χ2v) is 4.36. The molecule has 2 rings (SSSR count). The average molecular weight is 222 g/mol. The zero-order valence-electron chi connectivity index (χ0n) is 9.80. The van der Waals surface area contributed by atoms with E-state index in [-0.39, 0.29) is 5.76 Å². The highest BCUT2D eigenvalue weighted by Crippen LogP contribution is 2.27. The van der Waals surface area contributed by atoms with Gasteiger partial charge in [-0.3, -0.25) is 4.98 Å². The molecule has 0 bridgehead atoms. The third-order valence-corrected chi connectivity index (χ3v) is 3.18. The normalized spacial score (nSPS) is 16.8. The molecule has 2 N–H and O–H groups in total. The van der Waals surface area contributed by atoms with Crippen LogP contribution in [0.5, 0.6) is 0 Å². The summed E-state index contributed by atoms with van der Waals surface area (Å²) in [4.78, 5) is 13.8. The van der Waals surface area contributed by atoms with E-state index in [1.807, 2.05) is 7.05 Å². The highest BCUT2D eigenvalue weighted by atomic mass is 16.4. The van der Waals surface area contributed by atoms with Gasteiger partial charge in [-0.1, -0.05) is 12.5 Å². The van der Waals surface area contributed by atoms with E-state index >= 15 is 0 Å². The van der Waals surface area contributed by atoms with Gasteiger partial charge >= 0.3 is 5.76 Å². The third-order valence-electron chi connectivity index (χ3n) is 3.18. The number of H-pyrrole nitrogens is 1. The second-order valence-electron chi connectivity index (χ2n) is 4.36. The van der Waals surface area contributed by atoms with Crippen molar-refractivity contribution >= 4 is 6.08 Å². The first-order chi connectivity index (χ1) is 7.70. The van der Waals surface area contributed by atoms with Crippen LogP contribution in [0.4, 0.5) is 0 Å². The quantitative estimate of drug-likeness (QED) is 0.812. The molecule has 4 nitrogen and oxygen atoms in total. The minimum absolute atomic E-state index is 0.342. The maximum absolute atomic E-state index is 11.0. The van der Waals surface area contributed by atoms with Crippen molar-refractivity contribution in [2.24, 2.45) is 5.92 Å². The Morgan fingerprint density at radius 2 is 2.38 bits per heavy atom. The largest absolute Gasteiger partial charge is 0.416 e. The molecule has 1 unspecified atom stereocenters. The van der Waals surface area contributed by atoms with Crippen LogP contribution in [0.25, 0.3) is 6.08 Å². The first-order valence-corrected chi connectivity index (χ1v) is 5.77. The molecule has 1 heterocycles. The van der Waals surface area contributed by atoms with Crippen molar-refractivity contribution in [3.8, 4) is 0 Å². The van der Waals surface area contributed by atoms with Gasteiger partial charge in [-0.2, -0.15) is 0 Å². The molecule has 1 aliphatic rings. The number of allylic oxidation sites excluding steroid dienone is 1. The van der Waals surface area contributed by atoms with Crippen molar-refractivity contribution in [1.29, 1.82) is 0 Å². The molecule has 0 fully saturated rings. The van der Waals surface area contributed by atoms with Gasteiger partial charge in [-0.05, 0) is 38.4 Å². The first-order valence-electron chi connectivity index (χ1n) is 5.77. The molecule has 0 spiro atoms. The summed E-state index contributed by atoms with van der Waals surface area (Å²) in [5.74, 6) is 1.01. The van der Waals surface area contributed by atoms with Gasteiger partial charge in [0.05, 0.1) is 5.69 Å². The zero-order chi connectivity index (χ0) is 11.5. The molecule has 0 saturated carbocycles. The number of hydrogen-bond donors (Lipinski definition) is 2. The maximum atomic E-state index is 11.0. The number of aromatic nitrogens is 1. The van der Waals surface area contributed by atoms with Crippen molar-refractivity contribution in [1.82, 2.24) is 10.3 Å². The fraction of sp³-hybridized carbons (Fsp3) is 0.583. The fourth-order valence-electron chi connectivity index (χ4n) is 2.12. The van der Waals surface area contributed by atoms with E-state index in [1.165, 1.54) is 5.57 Å². The molecule has 1 aliphatic carbocycles. The van der Waals surface area contributed by atoms with E-state index in [0.717, 1.165) is 37.3 Å². The van der Waals surface area contributed by atoms with E-state index in [1.54, 1.807) is 0 Å².